The van der Waals surface area contributed by atoms with Gasteiger partial charge in [-0.3, -0.25) is 9.97 Å². The van der Waals surface area contributed by atoms with E-state index in [0.29, 0.717) is 69.2 Å². The summed E-state index contributed by atoms with van der Waals surface area (Å²) < 4.78 is 39.4. The van der Waals surface area contributed by atoms with E-state index in [2.05, 4.69) is 73.6 Å². The van der Waals surface area contributed by atoms with Crippen molar-refractivity contribution in [2.45, 2.75) is 53.8 Å². The minimum Gasteiger partial charge on any atom is -0.489 e. The number of aromatic nitrogens is 6. The lowest BCUT2D eigenvalue weighted by Crippen LogP contribution is -1.97. The minimum absolute atomic E-state index is 0.376. The third-order valence-electron chi connectivity index (χ3n) is 10.8. The topological polar surface area (TPSA) is 156 Å². The highest BCUT2D eigenvalue weighted by Crippen LogP contribution is 2.37. The normalized spacial score (nSPS) is 11.4. The van der Waals surface area contributed by atoms with Gasteiger partial charge in [0, 0.05) is 70.6 Å². The van der Waals surface area contributed by atoms with E-state index in [1.165, 1.54) is 0 Å². The van der Waals surface area contributed by atoms with Crippen LogP contribution in [-0.2, 0) is 47.2 Å². The second-order valence-electron chi connectivity index (χ2n) is 15.2. The van der Waals surface area contributed by atoms with E-state index in [1.807, 2.05) is 99.0 Å². The van der Waals surface area contributed by atoms with E-state index in [0.717, 1.165) is 88.8 Å². The van der Waals surface area contributed by atoms with Crippen molar-refractivity contribution in [3.8, 4) is 34.3 Å². The molecule has 10 rings (SSSR count). The maximum Gasteiger partial charge on any atom is 0.163 e. The molecule has 0 unspecified atom stereocenters. The molecule has 6 heterocycles. The maximum atomic E-state index is 6.07. The van der Waals surface area contributed by atoms with Crippen LogP contribution in [-0.4, -0.2) is 50.6 Å². The van der Waals surface area contributed by atoms with Crippen molar-refractivity contribution >= 4 is 43.6 Å². The number of pyridine rings is 2. The average Bonchev–Trinajstić information content (AvgIpc) is 4.15. The van der Waals surface area contributed by atoms with Crippen LogP contribution in [0.1, 0.15) is 47.6 Å². The van der Waals surface area contributed by atoms with Gasteiger partial charge in [-0.2, -0.15) is 0 Å². The Morgan fingerprint density at radius 2 is 1.03 bits per heavy atom. The Bertz CT molecular complexity index is 3140. The van der Waals surface area contributed by atoms with E-state index in [1.54, 1.807) is 7.11 Å². The Kier molecular flexibility index (Phi) is 12.7. The number of aromatic amines is 2. The number of methoxy groups -OCH3 is 1. The molecule has 13 nitrogen and oxygen atoms in total. The van der Waals surface area contributed by atoms with Crippen molar-refractivity contribution in [3.05, 3.63) is 155 Å². The Balaban J connectivity index is 0.000000162. The number of aryl methyl sites for hydroxylation is 1. The third-order valence-corrected chi connectivity index (χ3v) is 10.8. The lowest BCUT2D eigenvalue weighted by molar-refractivity contribution is 0.112. The van der Waals surface area contributed by atoms with Crippen molar-refractivity contribution < 1.29 is 32.7 Å². The molecule has 0 aliphatic carbocycles. The van der Waals surface area contributed by atoms with Gasteiger partial charge in [0.05, 0.1) is 41.4 Å². The van der Waals surface area contributed by atoms with Crippen LogP contribution in [0.2, 0.25) is 0 Å². The first kappa shape index (κ1) is 42.0. The molecule has 0 amide bonds. The maximum absolute atomic E-state index is 6.07. The number of hydrogen-bond donors (Lipinski definition) is 2. The summed E-state index contributed by atoms with van der Waals surface area (Å²) in [6, 6.07) is 36.2. The van der Waals surface area contributed by atoms with Crippen molar-refractivity contribution in [1.82, 2.24) is 30.2 Å². The van der Waals surface area contributed by atoms with Crippen LogP contribution in [0.25, 0.3) is 66.4 Å². The quantitative estimate of drug-likeness (QED) is 0.0953. The Labute approximate surface area is 369 Å². The van der Waals surface area contributed by atoms with Gasteiger partial charge in [-0.05, 0) is 73.9 Å². The van der Waals surface area contributed by atoms with Crippen molar-refractivity contribution in [2.24, 2.45) is 0 Å². The predicted molar refractivity (Wildman–Crippen MR) is 246 cm³/mol. The first-order valence-corrected chi connectivity index (χ1v) is 21.2. The lowest BCUT2D eigenvalue weighted by Gasteiger charge is -2.09. The second kappa shape index (κ2) is 19.4. The summed E-state index contributed by atoms with van der Waals surface area (Å²) >= 11 is 0. The molecule has 0 spiro atoms. The van der Waals surface area contributed by atoms with Gasteiger partial charge in [0.25, 0.3) is 0 Å². The van der Waals surface area contributed by atoms with E-state index in [9.17, 15) is 0 Å². The van der Waals surface area contributed by atoms with Gasteiger partial charge >= 0.3 is 0 Å². The molecule has 4 aromatic carbocycles. The molecule has 0 fully saturated rings. The third kappa shape index (κ3) is 9.09. The summed E-state index contributed by atoms with van der Waals surface area (Å²) in [4.78, 5) is 16.2. The molecule has 0 aliphatic rings. The molecular formula is C51H48N6O7. The van der Waals surface area contributed by atoms with Crippen LogP contribution in [0.15, 0.2) is 131 Å². The zero-order valence-electron chi connectivity index (χ0n) is 36.1. The molecule has 0 bridgehead atoms. The number of benzene rings is 4. The highest BCUT2D eigenvalue weighted by molar-refractivity contribution is 6.11. The molecule has 0 saturated heterocycles. The van der Waals surface area contributed by atoms with Gasteiger partial charge in [0.2, 0.25) is 0 Å². The van der Waals surface area contributed by atoms with Crippen LogP contribution in [0.5, 0.6) is 11.5 Å². The van der Waals surface area contributed by atoms with Crippen LogP contribution in [0.3, 0.4) is 0 Å². The molecular weight excluding hydrogens is 809 g/mol. The van der Waals surface area contributed by atoms with Gasteiger partial charge in [-0.1, -0.05) is 71.0 Å². The van der Waals surface area contributed by atoms with Crippen molar-refractivity contribution in [3.63, 3.8) is 0 Å². The van der Waals surface area contributed by atoms with E-state index >= 15 is 0 Å². The predicted octanol–water partition coefficient (Wildman–Crippen LogP) is 11.4. The first-order valence-electron chi connectivity index (χ1n) is 21.2. The fourth-order valence-corrected chi connectivity index (χ4v) is 7.79. The number of rotatable bonds is 16. The number of H-pyrrole nitrogens is 2. The van der Waals surface area contributed by atoms with Crippen molar-refractivity contribution in [2.75, 3.05) is 20.3 Å². The summed E-state index contributed by atoms with van der Waals surface area (Å²) in [6.07, 6.45) is 3.67. The smallest absolute Gasteiger partial charge is 0.163 e. The van der Waals surface area contributed by atoms with Crippen LogP contribution < -0.4 is 9.47 Å². The molecule has 0 saturated carbocycles. The molecule has 2 N–H and O–H groups in total. The largest absolute Gasteiger partial charge is 0.489 e. The summed E-state index contributed by atoms with van der Waals surface area (Å²) in [7, 11) is 1.68. The van der Waals surface area contributed by atoms with Gasteiger partial charge in [0.1, 0.15) is 49.3 Å². The fourth-order valence-electron chi connectivity index (χ4n) is 7.79. The number of ether oxygens (including phenoxy) is 5. The highest BCUT2D eigenvalue weighted by atomic mass is 16.5. The van der Waals surface area contributed by atoms with E-state index in [4.69, 9.17) is 32.7 Å². The molecule has 64 heavy (non-hydrogen) atoms. The molecule has 13 heteroatoms. The van der Waals surface area contributed by atoms with Gasteiger partial charge in [0.15, 0.2) is 11.5 Å². The van der Waals surface area contributed by atoms with Crippen LogP contribution in [0.4, 0.5) is 0 Å². The van der Waals surface area contributed by atoms with Crippen molar-refractivity contribution in [1.29, 1.82) is 0 Å². The molecule has 6 aromatic heterocycles. The van der Waals surface area contributed by atoms with Crippen LogP contribution >= 0.6 is 0 Å². The number of nitrogens with zero attached hydrogens (tertiary/aromatic N) is 4. The van der Waals surface area contributed by atoms with E-state index in [-0.39, 0.29) is 0 Å². The minimum atomic E-state index is 0.376. The number of fused-ring (bicyclic) bond motifs is 6. The molecule has 0 atom stereocenters. The summed E-state index contributed by atoms with van der Waals surface area (Å²) in [5.41, 5.74) is 11.1. The summed E-state index contributed by atoms with van der Waals surface area (Å²) in [5, 5.41) is 12.7. The molecule has 0 radical (unpaired) electrons. The molecule has 324 valence electrons. The number of nitrogens with one attached hydrogen (secondary N) is 2. The van der Waals surface area contributed by atoms with Crippen LogP contribution in [0, 0.1) is 6.92 Å². The second-order valence-corrected chi connectivity index (χ2v) is 15.2. The average molecular weight is 857 g/mol. The first-order chi connectivity index (χ1) is 31.5. The van der Waals surface area contributed by atoms with Gasteiger partial charge < -0.3 is 42.7 Å². The van der Waals surface area contributed by atoms with E-state index < -0.39 is 0 Å². The lowest BCUT2D eigenvalue weighted by atomic mass is 10.0. The molecule has 0 aliphatic heterocycles. The Morgan fingerprint density at radius 3 is 1.56 bits per heavy atom. The Hall–Kier alpha value is -7.32. The zero-order chi connectivity index (χ0) is 43.8. The zero-order valence-corrected chi connectivity index (χ0v) is 36.1. The van der Waals surface area contributed by atoms with Gasteiger partial charge in [-0.15, -0.1) is 0 Å². The Morgan fingerprint density at radius 1 is 0.531 bits per heavy atom. The summed E-state index contributed by atoms with van der Waals surface area (Å²) in [6.45, 7) is 9.39. The monoisotopic (exact) mass is 856 g/mol. The van der Waals surface area contributed by atoms with Gasteiger partial charge in [-0.25, -0.2) is 0 Å². The number of hydrogen-bond acceptors (Lipinski definition) is 11. The highest BCUT2D eigenvalue weighted by Gasteiger charge is 2.20. The standard InChI is InChI=1S/C26H25N3O4.C25H23N3O3/c1-3-31-15-19-12-23(29-33-19)26-21(16-30-2)25-20-11-18(32-14-17-7-5-4-6-8-17)9-10-22(20)28-24(25)13-27-26;1-3-29-15-19-12-22(28-31-19)25-16(2)24-20-11-18(30-14-17-7-5-4-6-8-17)9-10-21(20)27-23(24)13-26-25/h4-13,28H,3,14-16H2,1-2H3;4-13,27H,3,14-15H2,1-2H3. The fraction of sp³-hybridized carbons (Fsp3) is 0.216. The molecule has 10 aromatic rings. The SMILES string of the molecule is CCOCc1cc(-c2ncc3[nH]c4ccc(OCc5ccccc5)cc4c3c2C)no1.CCOCc1cc(-c2ncc3[nH]c4ccc(OCc5ccccc5)cc4c3c2COC)no1. The summed E-state index contributed by atoms with van der Waals surface area (Å²) in [5.74, 6) is 2.98.